The zero-order valence-corrected chi connectivity index (χ0v) is 12.5. The quantitative estimate of drug-likeness (QED) is 0.926. The maximum Gasteiger partial charge on any atom is 0.222 e. The van der Waals surface area contributed by atoms with Crippen LogP contribution in [-0.2, 0) is 11.2 Å². The Labute approximate surface area is 124 Å². The summed E-state index contributed by atoms with van der Waals surface area (Å²) in [6.07, 6.45) is 1.67. The van der Waals surface area contributed by atoms with E-state index in [0.717, 1.165) is 24.7 Å². The van der Waals surface area contributed by atoms with Crippen molar-refractivity contribution in [3.63, 3.8) is 0 Å². The zero-order chi connectivity index (χ0) is 15.4. The van der Waals surface area contributed by atoms with Crippen LogP contribution >= 0.6 is 0 Å². The fraction of sp³-hybridized carbons (Fsp3) is 0.562. The third kappa shape index (κ3) is 4.00. The summed E-state index contributed by atoms with van der Waals surface area (Å²) < 4.78 is 25.9. The van der Waals surface area contributed by atoms with Crippen molar-refractivity contribution in [3.8, 4) is 0 Å². The van der Waals surface area contributed by atoms with Crippen LogP contribution in [0, 0.1) is 11.6 Å². The van der Waals surface area contributed by atoms with Gasteiger partial charge in [0, 0.05) is 31.6 Å². The molecule has 0 saturated carbocycles. The van der Waals surface area contributed by atoms with Crippen LogP contribution in [0.4, 0.5) is 8.78 Å². The average Bonchev–Trinajstić information content (AvgIpc) is 2.45. The zero-order valence-electron chi connectivity index (χ0n) is 12.5. The molecule has 3 nitrogen and oxygen atoms in total. The molecule has 1 fully saturated rings. The van der Waals surface area contributed by atoms with E-state index < -0.39 is 11.6 Å². The second-order valence-corrected chi connectivity index (χ2v) is 5.67. The number of piperazine rings is 1. The molecule has 2 unspecified atom stereocenters. The number of aryl methyl sites for hydroxylation is 1. The molecule has 1 N–H and O–H groups in total. The Morgan fingerprint density at radius 3 is 2.81 bits per heavy atom. The van der Waals surface area contributed by atoms with Crippen molar-refractivity contribution >= 4 is 5.91 Å². The fourth-order valence-electron chi connectivity index (χ4n) is 2.69. The normalized spacial score (nSPS) is 22.4. The third-order valence-corrected chi connectivity index (χ3v) is 4.19. The van der Waals surface area contributed by atoms with E-state index >= 15 is 0 Å². The molecule has 0 bridgehead atoms. The molecule has 0 spiro atoms. The molecule has 1 amide bonds. The molecular weight excluding hydrogens is 274 g/mol. The van der Waals surface area contributed by atoms with Gasteiger partial charge in [0.1, 0.15) is 0 Å². The van der Waals surface area contributed by atoms with Crippen molar-refractivity contribution in [3.05, 3.63) is 35.4 Å². The number of hydrogen-bond donors (Lipinski definition) is 1. The van der Waals surface area contributed by atoms with E-state index in [1.165, 1.54) is 6.07 Å². The fourth-order valence-corrected chi connectivity index (χ4v) is 2.69. The third-order valence-electron chi connectivity index (χ3n) is 4.19. The molecule has 1 heterocycles. The van der Waals surface area contributed by atoms with Gasteiger partial charge in [0.2, 0.25) is 5.91 Å². The summed E-state index contributed by atoms with van der Waals surface area (Å²) in [5.74, 6) is -1.53. The molecule has 5 heteroatoms. The number of amides is 1. The van der Waals surface area contributed by atoms with Crippen molar-refractivity contribution < 1.29 is 13.6 Å². The highest BCUT2D eigenvalue weighted by molar-refractivity contribution is 5.76. The van der Waals surface area contributed by atoms with Crippen molar-refractivity contribution in [1.82, 2.24) is 10.2 Å². The Morgan fingerprint density at radius 2 is 2.10 bits per heavy atom. The summed E-state index contributed by atoms with van der Waals surface area (Å²) in [7, 11) is 0. The van der Waals surface area contributed by atoms with E-state index in [2.05, 4.69) is 12.2 Å². The predicted octanol–water partition coefficient (Wildman–Crippen LogP) is 2.50. The van der Waals surface area contributed by atoms with Crippen molar-refractivity contribution in [2.24, 2.45) is 0 Å². The summed E-state index contributed by atoms with van der Waals surface area (Å²) in [5.41, 5.74) is 0.725. The molecule has 1 aliphatic heterocycles. The van der Waals surface area contributed by atoms with Gasteiger partial charge in [0.25, 0.3) is 0 Å². The van der Waals surface area contributed by atoms with E-state index in [4.69, 9.17) is 0 Å². The van der Waals surface area contributed by atoms with Crippen molar-refractivity contribution in [2.75, 3.05) is 13.1 Å². The number of halogens is 2. The van der Waals surface area contributed by atoms with Crippen LogP contribution in [0.1, 0.15) is 32.3 Å². The van der Waals surface area contributed by atoms with E-state index in [1.807, 2.05) is 11.8 Å². The first-order chi connectivity index (χ1) is 9.99. The number of hydrogen-bond acceptors (Lipinski definition) is 2. The highest BCUT2D eigenvalue weighted by atomic mass is 19.2. The van der Waals surface area contributed by atoms with Crippen molar-refractivity contribution in [2.45, 2.75) is 45.2 Å². The predicted molar refractivity (Wildman–Crippen MR) is 77.9 cm³/mol. The first-order valence-electron chi connectivity index (χ1n) is 7.46. The molecule has 116 valence electrons. The monoisotopic (exact) mass is 296 g/mol. The van der Waals surface area contributed by atoms with E-state index in [0.29, 0.717) is 25.3 Å². The number of carbonyl (C=O) groups is 1. The van der Waals surface area contributed by atoms with E-state index in [-0.39, 0.29) is 11.9 Å². The van der Waals surface area contributed by atoms with Gasteiger partial charge in [-0.15, -0.1) is 0 Å². The lowest BCUT2D eigenvalue weighted by atomic mass is 10.0. The van der Waals surface area contributed by atoms with Crippen LogP contribution in [0.2, 0.25) is 0 Å². The molecule has 1 aromatic carbocycles. The van der Waals surface area contributed by atoms with E-state index in [1.54, 1.807) is 6.07 Å². The summed E-state index contributed by atoms with van der Waals surface area (Å²) in [6.45, 7) is 5.67. The number of nitrogens with one attached hydrogen (secondary N) is 1. The highest BCUT2D eigenvalue weighted by Gasteiger charge is 2.27. The molecule has 21 heavy (non-hydrogen) atoms. The molecule has 1 saturated heterocycles. The van der Waals surface area contributed by atoms with Gasteiger partial charge in [-0.2, -0.15) is 0 Å². The first kappa shape index (κ1) is 15.9. The highest BCUT2D eigenvalue weighted by Crippen LogP contribution is 2.14. The minimum Gasteiger partial charge on any atom is -0.337 e. The number of carbonyl (C=O) groups excluding carboxylic acids is 1. The van der Waals surface area contributed by atoms with Crippen molar-refractivity contribution in [1.29, 1.82) is 0 Å². The van der Waals surface area contributed by atoms with Crippen LogP contribution in [-0.4, -0.2) is 36.0 Å². The van der Waals surface area contributed by atoms with Crippen LogP contribution in [0.5, 0.6) is 0 Å². The van der Waals surface area contributed by atoms with Gasteiger partial charge >= 0.3 is 0 Å². The standard InChI is InChI=1S/C16H22F2N2O/c1-11-12(2)20(9-8-19-11)16(21)5-3-4-13-6-7-14(17)15(18)10-13/h6-7,10-12,19H,3-5,8-9H2,1-2H3. The van der Waals surface area contributed by atoms with Crippen LogP contribution in [0.25, 0.3) is 0 Å². The summed E-state index contributed by atoms with van der Waals surface area (Å²) in [4.78, 5) is 14.1. The summed E-state index contributed by atoms with van der Waals surface area (Å²) in [5, 5.41) is 3.34. The topological polar surface area (TPSA) is 32.3 Å². The van der Waals surface area contributed by atoms with Gasteiger partial charge in [-0.05, 0) is 44.4 Å². The van der Waals surface area contributed by atoms with Gasteiger partial charge in [-0.3, -0.25) is 4.79 Å². The molecule has 0 radical (unpaired) electrons. The van der Waals surface area contributed by atoms with Gasteiger partial charge < -0.3 is 10.2 Å². The Bertz CT molecular complexity index is 507. The van der Waals surface area contributed by atoms with E-state index in [9.17, 15) is 13.6 Å². The summed E-state index contributed by atoms with van der Waals surface area (Å²) >= 11 is 0. The molecule has 0 aliphatic carbocycles. The molecule has 1 aliphatic rings. The maximum atomic E-state index is 13.1. The molecule has 0 aromatic heterocycles. The van der Waals surface area contributed by atoms with Gasteiger partial charge in [-0.25, -0.2) is 8.78 Å². The van der Waals surface area contributed by atoms with Crippen LogP contribution in [0.15, 0.2) is 18.2 Å². The van der Waals surface area contributed by atoms with Gasteiger partial charge in [0.05, 0.1) is 0 Å². The average molecular weight is 296 g/mol. The largest absolute Gasteiger partial charge is 0.337 e. The molecular formula is C16H22F2N2O. The number of rotatable bonds is 4. The number of nitrogens with zero attached hydrogens (tertiary/aromatic N) is 1. The Morgan fingerprint density at radius 1 is 1.33 bits per heavy atom. The Hall–Kier alpha value is -1.49. The number of benzene rings is 1. The minimum atomic E-state index is -0.835. The maximum absolute atomic E-state index is 13.1. The second-order valence-electron chi connectivity index (χ2n) is 5.67. The SMILES string of the molecule is CC1NCCN(C(=O)CCCc2ccc(F)c(F)c2)C1C. The first-order valence-corrected chi connectivity index (χ1v) is 7.46. The Kier molecular flexibility index (Phi) is 5.28. The smallest absolute Gasteiger partial charge is 0.222 e. The Balaban J connectivity index is 1.82. The minimum absolute atomic E-state index is 0.137. The lowest BCUT2D eigenvalue weighted by molar-refractivity contribution is -0.134. The van der Waals surface area contributed by atoms with Gasteiger partial charge in [0.15, 0.2) is 11.6 Å². The lowest BCUT2D eigenvalue weighted by Gasteiger charge is -2.38. The summed E-state index contributed by atoms with van der Waals surface area (Å²) in [6, 6.07) is 4.39. The lowest BCUT2D eigenvalue weighted by Crippen LogP contribution is -2.57. The van der Waals surface area contributed by atoms with Crippen LogP contribution in [0.3, 0.4) is 0 Å². The molecule has 2 rings (SSSR count). The van der Waals surface area contributed by atoms with Gasteiger partial charge in [-0.1, -0.05) is 6.07 Å². The molecule has 2 atom stereocenters. The molecule has 1 aromatic rings. The van der Waals surface area contributed by atoms with Crippen LogP contribution < -0.4 is 5.32 Å². The second kappa shape index (κ2) is 6.98.